The monoisotopic (exact) mass is 319 g/mol. The summed E-state index contributed by atoms with van der Waals surface area (Å²) in [6.45, 7) is 2.13. The summed E-state index contributed by atoms with van der Waals surface area (Å²) in [4.78, 5) is 13.0. The van der Waals surface area contributed by atoms with Gasteiger partial charge in [0.1, 0.15) is 5.75 Å². The van der Waals surface area contributed by atoms with Gasteiger partial charge < -0.3 is 9.64 Å². The van der Waals surface area contributed by atoms with Gasteiger partial charge in [-0.2, -0.15) is 8.42 Å². The second-order valence-corrected chi connectivity index (χ2v) is 6.24. The molecule has 1 saturated heterocycles. The van der Waals surface area contributed by atoms with Gasteiger partial charge in [0.15, 0.2) is 5.82 Å². The van der Waals surface area contributed by atoms with Crippen molar-refractivity contribution in [3.63, 3.8) is 0 Å². The molecule has 1 aliphatic heterocycles. The van der Waals surface area contributed by atoms with Crippen LogP contribution in [-0.2, 0) is 15.0 Å². The molecular weight excluding hydrogens is 304 g/mol. The van der Waals surface area contributed by atoms with E-state index in [1.807, 2.05) is 0 Å². The van der Waals surface area contributed by atoms with Crippen LogP contribution in [0.4, 0.5) is 14.0 Å². The number of halogens is 2. The van der Waals surface area contributed by atoms with E-state index in [0.717, 1.165) is 11.0 Å². The zero-order valence-electron chi connectivity index (χ0n) is 11.4. The van der Waals surface area contributed by atoms with Crippen molar-refractivity contribution in [3.05, 3.63) is 24.0 Å². The van der Waals surface area contributed by atoms with E-state index in [1.54, 1.807) is 6.92 Å². The molecule has 0 radical (unpaired) electrons. The van der Waals surface area contributed by atoms with Crippen molar-refractivity contribution in [2.45, 2.75) is 13.3 Å². The summed E-state index contributed by atoms with van der Waals surface area (Å²) in [7, 11) is -4.65. The lowest BCUT2D eigenvalue weighted by Crippen LogP contribution is -2.26. The molecule has 1 heterocycles. The van der Waals surface area contributed by atoms with Crippen molar-refractivity contribution in [1.29, 1.82) is 0 Å². The lowest BCUT2D eigenvalue weighted by Gasteiger charge is -2.18. The molecule has 0 N–H and O–H groups in total. The fourth-order valence-corrected chi connectivity index (χ4v) is 3.16. The topological polar surface area (TPSA) is 63.7 Å². The minimum absolute atomic E-state index is 0.0209. The average molecular weight is 319 g/mol. The van der Waals surface area contributed by atoms with Gasteiger partial charge in [0.05, 0.1) is 18.0 Å². The van der Waals surface area contributed by atoms with Crippen LogP contribution in [0, 0.1) is 11.7 Å². The number of anilines is 1. The summed E-state index contributed by atoms with van der Waals surface area (Å²) in [5.74, 6) is -2.12. The highest BCUT2D eigenvalue weighted by atomic mass is 32.3. The Morgan fingerprint density at radius 1 is 1.43 bits per heavy atom. The molecule has 1 unspecified atom stereocenters. The Labute approximate surface area is 121 Å². The van der Waals surface area contributed by atoms with E-state index in [0.29, 0.717) is 12.4 Å². The van der Waals surface area contributed by atoms with E-state index >= 15 is 0 Å². The van der Waals surface area contributed by atoms with E-state index < -0.39 is 33.6 Å². The Balaban J connectivity index is 2.17. The maximum absolute atomic E-state index is 14.0. The molecule has 1 aliphatic rings. The van der Waals surface area contributed by atoms with Crippen molar-refractivity contribution in [2.75, 3.05) is 23.8 Å². The van der Waals surface area contributed by atoms with Crippen LogP contribution < -0.4 is 9.64 Å². The second-order valence-electron chi connectivity index (χ2n) is 4.83. The molecule has 5 nitrogen and oxygen atoms in total. The Hall–Kier alpha value is -1.70. The van der Waals surface area contributed by atoms with Crippen LogP contribution in [0.5, 0.6) is 5.75 Å². The third-order valence-corrected chi connectivity index (χ3v) is 4.03. The van der Waals surface area contributed by atoms with Crippen molar-refractivity contribution in [3.8, 4) is 5.75 Å². The first-order valence-corrected chi connectivity index (χ1v) is 8.00. The minimum Gasteiger partial charge on any atom is -0.494 e. The number of rotatable bonds is 5. The first kappa shape index (κ1) is 15.7. The Morgan fingerprint density at radius 3 is 2.71 bits per heavy atom. The number of hydrogen-bond acceptors (Lipinski definition) is 4. The zero-order chi connectivity index (χ0) is 15.6. The first-order valence-electron chi connectivity index (χ1n) is 6.45. The van der Waals surface area contributed by atoms with E-state index in [2.05, 4.69) is 0 Å². The van der Waals surface area contributed by atoms with E-state index in [-0.39, 0.29) is 18.7 Å². The molecule has 0 bridgehead atoms. The summed E-state index contributed by atoms with van der Waals surface area (Å²) in [5, 5.41) is 0. The van der Waals surface area contributed by atoms with Crippen LogP contribution >= 0.6 is 0 Å². The smallest absolute Gasteiger partial charge is 0.302 e. The highest BCUT2D eigenvalue weighted by Crippen LogP contribution is 2.30. The van der Waals surface area contributed by atoms with E-state index in [9.17, 15) is 21.5 Å². The molecule has 1 fully saturated rings. The number of nitrogens with zero attached hydrogens (tertiary/aromatic N) is 1. The van der Waals surface area contributed by atoms with E-state index in [4.69, 9.17) is 4.74 Å². The number of benzene rings is 1. The summed E-state index contributed by atoms with van der Waals surface area (Å²) >= 11 is 0. The Bertz CT molecular complexity index is 648. The number of carbonyl (C=O) groups excluding carboxylic acids is 1. The van der Waals surface area contributed by atoms with Crippen LogP contribution in [0.15, 0.2) is 18.2 Å². The van der Waals surface area contributed by atoms with Crippen LogP contribution in [0.2, 0.25) is 0 Å². The van der Waals surface area contributed by atoms with Gasteiger partial charge in [0.2, 0.25) is 5.91 Å². The molecule has 1 atom stereocenters. The predicted molar refractivity (Wildman–Crippen MR) is 72.9 cm³/mol. The highest BCUT2D eigenvalue weighted by Gasteiger charge is 2.34. The summed E-state index contributed by atoms with van der Waals surface area (Å²) in [6.07, 6.45) is -0.115. The lowest BCUT2D eigenvalue weighted by molar-refractivity contribution is -0.117. The molecule has 0 saturated carbocycles. The molecule has 2 rings (SSSR count). The molecule has 116 valence electrons. The minimum atomic E-state index is -4.65. The number of amides is 1. The van der Waals surface area contributed by atoms with Crippen molar-refractivity contribution in [2.24, 2.45) is 5.92 Å². The highest BCUT2D eigenvalue weighted by molar-refractivity contribution is 7.86. The largest absolute Gasteiger partial charge is 0.494 e. The normalized spacial score (nSPS) is 19.1. The van der Waals surface area contributed by atoms with Crippen LogP contribution in [-0.4, -0.2) is 33.2 Å². The fourth-order valence-electron chi connectivity index (χ4n) is 2.37. The van der Waals surface area contributed by atoms with Crippen molar-refractivity contribution < 1.29 is 26.2 Å². The van der Waals surface area contributed by atoms with Crippen molar-refractivity contribution in [1.82, 2.24) is 0 Å². The van der Waals surface area contributed by atoms with E-state index in [1.165, 1.54) is 12.1 Å². The Kier molecular flexibility index (Phi) is 4.46. The quantitative estimate of drug-likeness (QED) is 0.777. The maximum atomic E-state index is 14.0. The Morgan fingerprint density at radius 2 is 2.14 bits per heavy atom. The summed E-state index contributed by atoms with van der Waals surface area (Å²) in [5.41, 5.74) is 0.0437. The maximum Gasteiger partial charge on any atom is 0.302 e. The summed E-state index contributed by atoms with van der Waals surface area (Å²) in [6, 6.07) is 4.07. The van der Waals surface area contributed by atoms with Gasteiger partial charge in [0, 0.05) is 24.9 Å². The number of hydrogen-bond donors (Lipinski definition) is 0. The molecule has 1 aromatic rings. The van der Waals surface area contributed by atoms with Gasteiger partial charge in [-0.25, -0.2) is 4.39 Å². The average Bonchev–Trinajstić information content (AvgIpc) is 2.68. The second kappa shape index (κ2) is 5.97. The van der Waals surface area contributed by atoms with Gasteiger partial charge in [-0.1, -0.05) is 0 Å². The number of ether oxygens (including phenoxy) is 1. The fraction of sp³-hybridized carbons (Fsp3) is 0.462. The molecule has 1 aromatic carbocycles. The zero-order valence-corrected chi connectivity index (χ0v) is 12.2. The predicted octanol–water partition coefficient (Wildman–Crippen LogP) is 1.88. The van der Waals surface area contributed by atoms with Gasteiger partial charge >= 0.3 is 10.2 Å². The molecule has 0 spiro atoms. The molecule has 0 aliphatic carbocycles. The molecule has 0 aromatic heterocycles. The SMILES string of the molecule is CCOc1ccc(N2CC(CS(=O)(=O)F)CC2=O)c(F)c1. The molecule has 1 amide bonds. The molecule has 21 heavy (non-hydrogen) atoms. The standard InChI is InChI=1S/C13H15F2NO4S/c1-2-20-10-3-4-12(11(14)6-10)16-7-9(5-13(16)17)8-21(15,18)19/h3-4,6,9H,2,5,7-8H2,1H3. The summed E-state index contributed by atoms with van der Waals surface area (Å²) < 4.78 is 53.1. The first-order chi connectivity index (χ1) is 9.80. The van der Waals surface area contributed by atoms with Gasteiger partial charge in [-0.05, 0) is 19.1 Å². The van der Waals surface area contributed by atoms with Gasteiger partial charge in [-0.3, -0.25) is 4.79 Å². The number of carbonyl (C=O) groups is 1. The van der Waals surface area contributed by atoms with Crippen molar-refractivity contribution >= 4 is 21.8 Å². The molecule has 8 heteroatoms. The van der Waals surface area contributed by atoms with Crippen LogP contribution in [0.1, 0.15) is 13.3 Å². The van der Waals surface area contributed by atoms with Crippen LogP contribution in [0.3, 0.4) is 0 Å². The molecular formula is C13H15F2NO4S. The lowest BCUT2D eigenvalue weighted by atomic mass is 10.1. The third kappa shape index (κ3) is 3.90. The van der Waals surface area contributed by atoms with Gasteiger partial charge in [-0.15, -0.1) is 3.89 Å². The third-order valence-electron chi connectivity index (χ3n) is 3.16. The van der Waals surface area contributed by atoms with Crippen LogP contribution in [0.25, 0.3) is 0 Å². The van der Waals surface area contributed by atoms with Gasteiger partial charge in [0.25, 0.3) is 0 Å².